The van der Waals surface area contributed by atoms with Crippen molar-refractivity contribution >= 4 is 6.09 Å². The average molecular weight is 411 g/mol. The van der Waals surface area contributed by atoms with E-state index in [-0.39, 0.29) is 6.04 Å². The topological polar surface area (TPSA) is 70.6 Å². The van der Waals surface area contributed by atoms with Crippen molar-refractivity contribution in [3.8, 4) is 0 Å². The SMILES string of the molecule is CC(C)(C)NC(=O)O[C@@H](Cc1ccccc1)[C@H](O)CNC1CCCc2ccccc21. The van der Waals surface area contributed by atoms with Gasteiger partial charge >= 0.3 is 6.09 Å². The lowest BCUT2D eigenvalue weighted by molar-refractivity contribution is 0.000192. The molecule has 0 heterocycles. The lowest BCUT2D eigenvalue weighted by Crippen LogP contribution is -2.47. The molecule has 3 rings (SSSR count). The molecule has 30 heavy (non-hydrogen) atoms. The van der Waals surface area contributed by atoms with E-state index < -0.39 is 23.8 Å². The van der Waals surface area contributed by atoms with Crippen LogP contribution in [-0.4, -0.2) is 35.5 Å². The van der Waals surface area contributed by atoms with Crippen LogP contribution in [0, 0.1) is 0 Å². The van der Waals surface area contributed by atoms with Gasteiger partial charge in [0.05, 0.1) is 0 Å². The van der Waals surface area contributed by atoms with E-state index in [9.17, 15) is 9.90 Å². The minimum absolute atomic E-state index is 0.213. The molecule has 2 aromatic carbocycles. The van der Waals surface area contributed by atoms with Crippen LogP contribution in [0.3, 0.4) is 0 Å². The summed E-state index contributed by atoms with van der Waals surface area (Å²) in [6.45, 7) is 6.07. The Morgan fingerprint density at radius 1 is 1.13 bits per heavy atom. The van der Waals surface area contributed by atoms with Crippen LogP contribution < -0.4 is 10.6 Å². The molecule has 0 saturated carbocycles. The van der Waals surface area contributed by atoms with E-state index >= 15 is 0 Å². The molecule has 1 aliphatic rings. The van der Waals surface area contributed by atoms with Crippen molar-refractivity contribution in [3.63, 3.8) is 0 Å². The largest absolute Gasteiger partial charge is 0.443 e. The summed E-state index contributed by atoms with van der Waals surface area (Å²) in [5.74, 6) is 0. The Morgan fingerprint density at radius 3 is 2.57 bits per heavy atom. The molecule has 0 fully saturated rings. The predicted molar refractivity (Wildman–Crippen MR) is 119 cm³/mol. The molecule has 3 N–H and O–H groups in total. The smallest absolute Gasteiger partial charge is 0.407 e. The van der Waals surface area contributed by atoms with Gasteiger partial charge in [0.1, 0.15) is 12.2 Å². The number of fused-ring (bicyclic) bond motifs is 1. The standard InChI is InChI=1S/C25H34N2O3/c1-25(2,3)27-24(29)30-23(16-18-10-5-4-6-11-18)22(28)17-26-21-15-9-13-19-12-7-8-14-20(19)21/h4-8,10-12,14,21-23,26,28H,9,13,15-17H2,1-3H3,(H,27,29)/t21?,22-,23+/m1/s1. The number of ether oxygens (including phenoxy) is 1. The van der Waals surface area contributed by atoms with E-state index in [1.54, 1.807) is 0 Å². The molecule has 0 spiro atoms. The van der Waals surface area contributed by atoms with E-state index in [1.807, 2.05) is 51.1 Å². The molecule has 3 atom stereocenters. The van der Waals surface area contributed by atoms with Crippen LogP contribution in [0.2, 0.25) is 0 Å². The Bertz CT molecular complexity index is 817. The summed E-state index contributed by atoms with van der Waals surface area (Å²) in [5, 5.41) is 17.2. The maximum absolute atomic E-state index is 12.4. The van der Waals surface area contributed by atoms with Crippen LogP contribution in [0.15, 0.2) is 54.6 Å². The van der Waals surface area contributed by atoms with Crippen molar-refractivity contribution < 1.29 is 14.6 Å². The molecule has 0 bridgehead atoms. The maximum Gasteiger partial charge on any atom is 0.407 e. The predicted octanol–water partition coefficient (Wildman–Crippen LogP) is 4.15. The second-order valence-corrected chi connectivity index (χ2v) is 9.13. The van der Waals surface area contributed by atoms with Crippen molar-refractivity contribution in [1.29, 1.82) is 0 Å². The fourth-order valence-corrected chi connectivity index (χ4v) is 3.94. The number of nitrogens with one attached hydrogen (secondary N) is 2. The summed E-state index contributed by atoms with van der Waals surface area (Å²) >= 11 is 0. The molecule has 1 aliphatic carbocycles. The van der Waals surface area contributed by atoms with E-state index in [2.05, 4.69) is 34.9 Å². The average Bonchev–Trinajstić information content (AvgIpc) is 2.71. The van der Waals surface area contributed by atoms with Gasteiger partial charge in [-0.2, -0.15) is 0 Å². The minimum atomic E-state index is -0.815. The highest BCUT2D eigenvalue weighted by molar-refractivity contribution is 5.68. The zero-order valence-corrected chi connectivity index (χ0v) is 18.2. The first kappa shape index (κ1) is 22.3. The summed E-state index contributed by atoms with van der Waals surface area (Å²) in [5.41, 5.74) is 3.30. The molecule has 0 aliphatic heterocycles. The Morgan fingerprint density at radius 2 is 1.83 bits per heavy atom. The van der Waals surface area contributed by atoms with Gasteiger partial charge in [0.15, 0.2) is 0 Å². The third-order valence-electron chi connectivity index (χ3n) is 5.39. The summed E-state index contributed by atoms with van der Waals surface area (Å²) in [7, 11) is 0. The zero-order chi connectivity index (χ0) is 21.6. The van der Waals surface area contributed by atoms with Crippen LogP contribution in [0.25, 0.3) is 0 Å². The highest BCUT2D eigenvalue weighted by Gasteiger charge is 2.27. The number of benzene rings is 2. The van der Waals surface area contributed by atoms with Crippen LogP contribution >= 0.6 is 0 Å². The molecule has 5 heteroatoms. The number of carbonyl (C=O) groups excluding carboxylic acids is 1. The Balaban J connectivity index is 1.65. The highest BCUT2D eigenvalue weighted by Crippen LogP contribution is 2.29. The summed E-state index contributed by atoms with van der Waals surface area (Å²) in [4.78, 5) is 12.4. The lowest BCUT2D eigenvalue weighted by Gasteiger charge is -2.30. The highest BCUT2D eigenvalue weighted by atomic mass is 16.6. The van der Waals surface area contributed by atoms with E-state index in [0.29, 0.717) is 13.0 Å². The molecule has 1 amide bonds. The fourth-order valence-electron chi connectivity index (χ4n) is 3.94. The van der Waals surface area contributed by atoms with Gasteiger partial charge in [-0.25, -0.2) is 4.79 Å². The Labute approximate surface area is 179 Å². The van der Waals surface area contributed by atoms with Gasteiger partial charge in [0, 0.05) is 24.5 Å². The van der Waals surface area contributed by atoms with Crippen LogP contribution in [-0.2, 0) is 17.6 Å². The maximum atomic E-state index is 12.4. The number of aryl methyl sites for hydroxylation is 1. The Hall–Kier alpha value is -2.37. The second kappa shape index (κ2) is 10.1. The number of aliphatic hydroxyl groups is 1. The molecular formula is C25H34N2O3. The second-order valence-electron chi connectivity index (χ2n) is 9.13. The van der Waals surface area contributed by atoms with Crippen LogP contribution in [0.4, 0.5) is 4.79 Å². The molecule has 162 valence electrons. The number of hydrogen-bond acceptors (Lipinski definition) is 4. The molecule has 5 nitrogen and oxygen atoms in total. The number of carbonyl (C=O) groups is 1. The summed E-state index contributed by atoms with van der Waals surface area (Å²) < 4.78 is 5.66. The molecule has 2 aromatic rings. The van der Waals surface area contributed by atoms with Crippen molar-refractivity contribution in [2.75, 3.05) is 6.54 Å². The molecule has 1 unspecified atom stereocenters. The molecule has 0 radical (unpaired) electrons. The first-order valence-corrected chi connectivity index (χ1v) is 10.8. The van der Waals surface area contributed by atoms with Gasteiger partial charge in [-0.1, -0.05) is 54.6 Å². The van der Waals surface area contributed by atoms with Crippen molar-refractivity contribution in [2.45, 2.75) is 70.2 Å². The normalized spacial score (nSPS) is 18.2. The number of aliphatic hydroxyl groups excluding tert-OH is 1. The Kier molecular flexibility index (Phi) is 7.51. The summed E-state index contributed by atoms with van der Waals surface area (Å²) in [6.07, 6.45) is 1.77. The molecule has 0 saturated heterocycles. The minimum Gasteiger partial charge on any atom is -0.443 e. The number of hydrogen-bond donors (Lipinski definition) is 3. The van der Waals surface area contributed by atoms with E-state index in [4.69, 9.17) is 4.74 Å². The number of amides is 1. The van der Waals surface area contributed by atoms with Gasteiger partial charge in [-0.05, 0) is 56.7 Å². The van der Waals surface area contributed by atoms with Crippen molar-refractivity contribution in [1.82, 2.24) is 10.6 Å². The third kappa shape index (κ3) is 6.57. The van der Waals surface area contributed by atoms with E-state index in [0.717, 1.165) is 24.8 Å². The fraction of sp³-hybridized carbons (Fsp3) is 0.480. The van der Waals surface area contributed by atoms with Gasteiger partial charge in [-0.15, -0.1) is 0 Å². The lowest BCUT2D eigenvalue weighted by atomic mass is 9.87. The van der Waals surface area contributed by atoms with Crippen molar-refractivity contribution in [3.05, 3.63) is 71.3 Å². The third-order valence-corrected chi connectivity index (χ3v) is 5.39. The van der Waals surface area contributed by atoms with Crippen LogP contribution in [0.1, 0.15) is 56.3 Å². The number of alkyl carbamates (subject to hydrolysis) is 1. The molecular weight excluding hydrogens is 376 g/mol. The monoisotopic (exact) mass is 410 g/mol. The first-order valence-electron chi connectivity index (χ1n) is 10.8. The van der Waals surface area contributed by atoms with Gasteiger partial charge in [0.2, 0.25) is 0 Å². The van der Waals surface area contributed by atoms with Gasteiger partial charge < -0.3 is 20.5 Å². The van der Waals surface area contributed by atoms with Gasteiger partial charge in [-0.3, -0.25) is 0 Å². The van der Waals surface area contributed by atoms with E-state index in [1.165, 1.54) is 11.1 Å². The van der Waals surface area contributed by atoms with Crippen molar-refractivity contribution in [2.24, 2.45) is 0 Å². The zero-order valence-electron chi connectivity index (χ0n) is 18.2. The summed E-state index contributed by atoms with van der Waals surface area (Å²) in [6, 6.07) is 18.5. The molecule has 0 aromatic heterocycles. The van der Waals surface area contributed by atoms with Crippen LogP contribution in [0.5, 0.6) is 0 Å². The number of rotatable bonds is 7. The quantitative estimate of drug-likeness (QED) is 0.641. The first-order chi connectivity index (χ1) is 14.3. The van der Waals surface area contributed by atoms with Gasteiger partial charge in [0.25, 0.3) is 0 Å².